The molecule has 2 atom stereocenters. The van der Waals surface area contributed by atoms with Crippen LogP contribution in [0.4, 0.5) is 5.69 Å². The molecular weight excluding hydrogens is 328 g/mol. The van der Waals surface area contributed by atoms with Crippen LogP contribution in [0.15, 0.2) is 48.5 Å². The lowest BCUT2D eigenvalue weighted by Crippen LogP contribution is -2.40. The lowest BCUT2D eigenvalue weighted by molar-refractivity contribution is -0.00521. The third-order valence-corrected chi connectivity index (χ3v) is 5.09. The van der Waals surface area contributed by atoms with Crippen LogP contribution in [0.2, 0.25) is 0 Å². The van der Waals surface area contributed by atoms with Crippen LogP contribution in [-0.4, -0.2) is 37.3 Å². The van der Waals surface area contributed by atoms with Crippen LogP contribution in [0.5, 0.6) is 5.75 Å². The Hall–Kier alpha value is -2.37. The number of carbonyl (C=O) groups excluding carboxylic acids is 1. The first-order valence-electron chi connectivity index (χ1n) is 9.16. The first kappa shape index (κ1) is 17.1. The Morgan fingerprint density at radius 3 is 2.58 bits per heavy atom. The van der Waals surface area contributed by atoms with Crippen LogP contribution in [-0.2, 0) is 11.2 Å². The zero-order chi connectivity index (χ0) is 18.0. The number of morpholine rings is 1. The van der Waals surface area contributed by atoms with Crippen molar-refractivity contribution in [2.24, 2.45) is 0 Å². The summed E-state index contributed by atoms with van der Waals surface area (Å²) in [4.78, 5) is 12.4. The number of fused-ring (bicyclic) bond motifs is 2. The van der Waals surface area contributed by atoms with Gasteiger partial charge < -0.3 is 20.1 Å². The van der Waals surface area contributed by atoms with Crippen LogP contribution in [0.3, 0.4) is 0 Å². The molecule has 4 rings (SSSR count). The average Bonchev–Trinajstić information content (AvgIpc) is 3.25. The first-order valence-corrected chi connectivity index (χ1v) is 9.16. The summed E-state index contributed by atoms with van der Waals surface area (Å²) >= 11 is 0. The number of benzene rings is 2. The van der Waals surface area contributed by atoms with E-state index in [0.717, 1.165) is 37.4 Å². The van der Waals surface area contributed by atoms with Crippen molar-refractivity contribution in [1.29, 1.82) is 0 Å². The quantitative estimate of drug-likeness (QED) is 0.839. The molecule has 2 N–H and O–H groups in total. The molecule has 2 bridgehead atoms. The van der Waals surface area contributed by atoms with E-state index in [1.807, 2.05) is 31.2 Å². The molecule has 0 saturated carbocycles. The Balaban J connectivity index is 1.37. The van der Waals surface area contributed by atoms with Crippen LogP contribution in [0.25, 0.3) is 0 Å². The van der Waals surface area contributed by atoms with Gasteiger partial charge in [-0.3, -0.25) is 4.79 Å². The number of nitrogens with one attached hydrogen (secondary N) is 2. The summed E-state index contributed by atoms with van der Waals surface area (Å²) in [6, 6.07) is 15.7. The molecule has 2 aromatic carbocycles. The number of carbonyl (C=O) groups is 1. The van der Waals surface area contributed by atoms with E-state index in [1.165, 1.54) is 5.56 Å². The summed E-state index contributed by atoms with van der Waals surface area (Å²) in [7, 11) is 0. The van der Waals surface area contributed by atoms with Gasteiger partial charge in [-0.25, -0.2) is 0 Å². The minimum Gasteiger partial charge on any atom is -0.494 e. The largest absolute Gasteiger partial charge is 0.494 e. The van der Waals surface area contributed by atoms with Crippen molar-refractivity contribution in [2.75, 3.05) is 25.1 Å². The van der Waals surface area contributed by atoms with Gasteiger partial charge in [0.25, 0.3) is 5.91 Å². The first-order chi connectivity index (χ1) is 12.7. The van der Waals surface area contributed by atoms with Crippen LogP contribution in [0, 0.1) is 0 Å². The average molecular weight is 352 g/mol. The Labute approximate surface area is 153 Å². The summed E-state index contributed by atoms with van der Waals surface area (Å²) in [6.07, 6.45) is 1.99. The van der Waals surface area contributed by atoms with Gasteiger partial charge in [-0.1, -0.05) is 12.1 Å². The fourth-order valence-corrected chi connectivity index (χ4v) is 3.77. The summed E-state index contributed by atoms with van der Waals surface area (Å²) < 4.78 is 11.4. The maximum absolute atomic E-state index is 12.4. The predicted octanol–water partition coefficient (Wildman–Crippen LogP) is 3.01. The minimum absolute atomic E-state index is 0.0439. The summed E-state index contributed by atoms with van der Waals surface area (Å²) in [5, 5.41) is 6.43. The van der Waals surface area contributed by atoms with Crippen molar-refractivity contribution in [3.05, 3.63) is 59.7 Å². The third kappa shape index (κ3) is 3.59. The maximum atomic E-state index is 12.4. The van der Waals surface area contributed by atoms with Crippen molar-refractivity contribution in [1.82, 2.24) is 5.32 Å². The summed E-state index contributed by atoms with van der Waals surface area (Å²) in [5.74, 6) is 0.645. The number of rotatable bonds is 6. The molecule has 2 saturated heterocycles. The van der Waals surface area contributed by atoms with Gasteiger partial charge in [0.1, 0.15) is 5.75 Å². The van der Waals surface area contributed by atoms with E-state index in [4.69, 9.17) is 9.47 Å². The van der Waals surface area contributed by atoms with Gasteiger partial charge in [0.15, 0.2) is 0 Å². The van der Waals surface area contributed by atoms with Gasteiger partial charge in [0, 0.05) is 30.3 Å². The molecule has 2 heterocycles. The summed E-state index contributed by atoms with van der Waals surface area (Å²) in [6.45, 7) is 4.29. The highest BCUT2D eigenvalue weighted by atomic mass is 16.5. The van der Waals surface area contributed by atoms with Crippen LogP contribution in [0.1, 0.15) is 29.3 Å². The monoisotopic (exact) mass is 352 g/mol. The van der Waals surface area contributed by atoms with Crippen molar-refractivity contribution < 1.29 is 14.3 Å². The molecular formula is C21H24N2O3. The van der Waals surface area contributed by atoms with Gasteiger partial charge in [-0.2, -0.15) is 0 Å². The Morgan fingerprint density at radius 2 is 2.00 bits per heavy atom. The highest BCUT2D eigenvalue weighted by molar-refractivity contribution is 6.04. The van der Waals surface area contributed by atoms with Crippen molar-refractivity contribution in [3.63, 3.8) is 0 Å². The second kappa shape index (κ2) is 7.09. The normalized spacial score (nSPS) is 23.8. The van der Waals surface area contributed by atoms with E-state index in [9.17, 15) is 4.79 Å². The van der Waals surface area contributed by atoms with Gasteiger partial charge in [-0.05, 0) is 55.3 Å². The van der Waals surface area contributed by atoms with Crippen LogP contribution >= 0.6 is 0 Å². The molecule has 2 aromatic rings. The molecule has 0 radical (unpaired) electrons. The molecule has 26 heavy (non-hydrogen) atoms. The molecule has 1 amide bonds. The van der Waals surface area contributed by atoms with Crippen molar-refractivity contribution >= 4 is 11.6 Å². The molecule has 0 aromatic heterocycles. The Morgan fingerprint density at radius 1 is 1.23 bits per heavy atom. The second-order valence-corrected chi connectivity index (χ2v) is 7.06. The van der Waals surface area contributed by atoms with E-state index >= 15 is 0 Å². The lowest BCUT2D eigenvalue weighted by atomic mass is 9.93. The number of ether oxygens (including phenoxy) is 2. The molecule has 2 aliphatic heterocycles. The smallest absolute Gasteiger partial charge is 0.255 e. The minimum atomic E-state index is -0.124. The van der Waals surface area contributed by atoms with Gasteiger partial charge >= 0.3 is 0 Å². The van der Waals surface area contributed by atoms with Gasteiger partial charge in [-0.15, -0.1) is 0 Å². The molecule has 5 heteroatoms. The number of hydrogen-bond acceptors (Lipinski definition) is 4. The van der Waals surface area contributed by atoms with Crippen molar-refractivity contribution in [3.8, 4) is 5.75 Å². The molecule has 136 valence electrons. The highest BCUT2D eigenvalue weighted by Gasteiger charge is 2.45. The number of hydrogen-bond donors (Lipinski definition) is 2. The Bertz CT molecular complexity index is 763. The van der Waals surface area contributed by atoms with Crippen molar-refractivity contribution in [2.45, 2.75) is 31.4 Å². The highest BCUT2D eigenvalue weighted by Crippen LogP contribution is 2.34. The molecule has 0 unspecified atom stereocenters. The van der Waals surface area contributed by atoms with Gasteiger partial charge in [0.2, 0.25) is 0 Å². The number of amides is 1. The molecule has 2 fully saturated rings. The molecule has 0 aliphatic carbocycles. The number of anilines is 1. The third-order valence-electron chi connectivity index (χ3n) is 5.09. The van der Waals surface area contributed by atoms with E-state index < -0.39 is 0 Å². The van der Waals surface area contributed by atoms with E-state index in [2.05, 4.69) is 22.8 Å². The van der Waals surface area contributed by atoms with E-state index in [-0.39, 0.29) is 11.5 Å². The van der Waals surface area contributed by atoms with E-state index in [0.29, 0.717) is 18.2 Å². The topological polar surface area (TPSA) is 59.6 Å². The lowest BCUT2D eigenvalue weighted by Gasteiger charge is -2.26. The van der Waals surface area contributed by atoms with Gasteiger partial charge in [0.05, 0.1) is 18.8 Å². The second-order valence-electron chi connectivity index (χ2n) is 7.06. The molecule has 2 aliphatic rings. The fraction of sp³-hybridized carbons (Fsp3) is 0.381. The predicted molar refractivity (Wildman–Crippen MR) is 101 cm³/mol. The zero-order valence-electron chi connectivity index (χ0n) is 15.0. The standard InChI is InChI=1S/C21H24N2O3/c1-2-25-19-9-5-16(6-10-19)20(24)23-17-7-3-15(4-8-17)11-21-12-18(13-26-21)22-14-21/h3-10,18,22H,2,11-14H2,1H3,(H,23,24)/t18-,21-/m0/s1. The zero-order valence-corrected chi connectivity index (χ0v) is 15.0. The SMILES string of the molecule is CCOc1ccc(C(=O)Nc2ccc(C[C@]34CN[C@H](CO3)C4)cc2)cc1. The summed E-state index contributed by atoms with van der Waals surface area (Å²) in [5.41, 5.74) is 2.59. The maximum Gasteiger partial charge on any atom is 0.255 e. The van der Waals surface area contributed by atoms with E-state index in [1.54, 1.807) is 12.1 Å². The van der Waals surface area contributed by atoms with Crippen LogP contribution < -0.4 is 15.4 Å². The molecule has 5 nitrogen and oxygen atoms in total. The molecule has 0 spiro atoms. The Kier molecular flexibility index (Phi) is 4.66. The fourth-order valence-electron chi connectivity index (χ4n) is 3.77.